The van der Waals surface area contributed by atoms with Gasteiger partial charge >= 0.3 is 6.09 Å². The zero-order valence-electron chi connectivity index (χ0n) is 22.0. The SMILES string of the molecule is CC(C)(C)OC(=O)N1C2CCC(C2)C1C(=O)NC(C#N)Cc1cc2cc(-c3ccc(C#N)c(F)c3)ccc2o1. The van der Waals surface area contributed by atoms with Crippen molar-refractivity contribution in [3.63, 3.8) is 0 Å². The molecular weight excluding hydrogens is 499 g/mol. The molecule has 39 heavy (non-hydrogen) atoms. The first kappa shape index (κ1) is 26.2. The van der Waals surface area contributed by atoms with Gasteiger partial charge in [0, 0.05) is 17.8 Å². The number of nitrogens with zero attached hydrogens (tertiary/aromatic N) is 3. The number of furan rings is 1. The average molecular weight is 529 g/mol. The van der Waals surface area contributed by atoms with Crippen molar-refractivity contribution in [1.29, 1.82) is 10.5 Å². The van der Waals surface area contributed by atoms with Crippen molar-refractivity contribution in [1.82, 2.24) is 10.2 Å². The Bertz CT molecular complexity index is 1530. The molecule has 1 N–H and O–H groups in total. The number of nitrogens with one attached hydrogen (secondary N) is 1. The molecule has 1 aliphatic heterocycles. The molecule has 4 unspecified atom stereocenters. The fraction of sp³-hybridized carbons (Fsp3) is 0.400. The number of hydrogen-bond donors (Lipinski definition) is 1. The summed E-state index contributed by atoms with van der Waals surface area (Å²) in [5.41, 5.74) is 1.27. The number of nitriles is 2. The Morgan fingerprint density at radius 1 is 1.15 bits per heavy atom. The summed E-state index contributed by atoms with van der Waals surface area (Å²) in [6.45, 7) is 5.37. The molecule has 3 aromatic rings. The third-order valence-electron chi connectivity index (χ3n) is 7.33. The van der Waals surface area contributed by atoms with Crippen LogP contribution in [0.2, 0.25) is 0 Å². The first-order chi connectivity index (χ1) is 18.6. The summed E-state index contributed by atoms with van der Waals surface area (Å²) in [6.07, 6.45) is 2.09. The molecule has 2 aliphatic rings. The van der Waals surface area contributed by atoms with E-state index in [9.17, 15) is 19.2 Å². The zero-order chi connectivity index (χ0) is 27.9. The highest BCUT2D eigenvalue weighted by molar-refractivity contribution is 5.88. The molecule has 4 atom stereocenters. The smallest absolute Gasteiger partial charge is 0.411 e. The highest BCUT2D eigenvalue weighted by Gasteiger charge is 2.52. The molecule has 2 fully saturated rings. The van der Waals surface area contributed by atoms with E-state index < -0.39 is 29.6 Å². The van der Waals surface area contributed by atoms with Crippen LogP contribution in [0, 0.1) is 34.4 Å². The van der Waals surface area contributed by atoms with Gasteiger partial charge in [-0.15, -0.1) is 0 Å². The van der Waals surface area contributed by atoms with Gasteiger partial charge < -0.3 is 14.5 Å². The van der Waals surface area contributed by atoms with Gasteiger partial charge in [-0.05, 0) is 87.4 Å². The number of carbonyl (C=O) groups is 2. The molecule has 1 aromatic heterocycles. The second kappa shape index (κ2) is 10.1. The van der Waals surface area contributed by atoms with Crippen LogP contribution in [-0.4, -0.2) is 40.6 Å². The number of likely N-dealkylation sites (tertiary alicyclic amines) is 1. The van der Waals surface area contributed by atoms with Crippen LogP contribution >= 0.6 is 0 Å². The summed E-state index contributed by atoms with van der Waals surface area (Å²) in [5, 5.41) is 22.3. The largest absolute Gasteiger partial charge is 0.461 e. The first-order valence-electron chi connectivity index (χ1n) is 13.0. The number of carbonyl (C=O) groups excluding carboxylic acids is 2. The molecule has 8 nitrogen and oxygen atoms in total. The van der Waals surface area contributed by atoms with Crippen LogP contribution in [0.3, 0.4) is 0 Å². The summed E-state index contributed by atoms with van der Waals surface area (Å²) in [6, 6.07) is 14.0. The topological polar surface area (TPSA) is 119 Å². The molecule has 2 bridgehead atoms. The predicted octanol–water partition coefficient (Wildman–Crippen LogP) is 5.45. The van der Waals surface area contributed by atoms with Gasteiger partial charge in [-0.25, -0.2) is 9.18 Å². The minimum atomic E-state index is -0.857. The fourth-order valence-corrected chi connectivity index (χ4v) is 5.65. The Balaban J connectivity index is 1.30. The molecule has 5 rings (SSSR count). The van der Waals surface area contributed by atoms with E-state index in [1.807, 2.05) is 12.1 Å². The van der Waals surface area contributed by atoms with E-state index in [2.05, 4.69) is 11.4 Å². The van der Waals surface area contributed by atoms with E-state index in [0.717, 1.165) is 30.2 Å². The van der Waals surface area contributed by atoms with Crippen LogP contribution in [0.4, 0.5) is 9.18 Å². The first-order valence-corrected chi connectivity index (χ1v) is 13.0. The number of fused-ring (bicyclic) bond motifs is 3. The Morgan fingerprint density at radius 3 is 2.59 bits per heavy atom. The van der Waals surface area contributed by atoms with Gasteiger partial charge in [0.15, 0.2) is 0 Å². The monoisotopic (exact) mass is 528 g/mol. The van der Waals surface area contributed by atoms with Gasteiger partial charge in [0.1, 0.15) is 40.9 Å². The zero-order valence-corrected chi connectivity index (χ0v) is 22.0. The molecule has 2 aromatic carbocycles. The van der Waals surface area contributed by atoms with Gasteiger partial charge in [0.25, 0.3) is 0 Å². The number of benzene rings is 2. The summed E-state index contributed by atoms with van der Waals surface area (Å²) in [5.74, 6) is -0.396. The lowest BCUT2D eigenvalue weighted by atomic mass is 9.97. The van der Waals surface area contributed by atoms with Gasteiger partial charge in [0.2, 0.25) is 5.91 Å². The van der Waals surface area contributed by atoms with Crippen molar-refractivity contribution >= 4 is 23.0 Å². The molecule has 2 amide bonds. The number of ether oxygens (including phenoxy) is 1. The van der Waals surface area contributed by atoms with Crippen LogP contribution in [0.5, 0.6) is 0 Å². The van der Waals surface area contributed by atoms with E-state index in [0.29, 0.717) is 16.9 Å². The Labute approximate surface area is 225 Å². The molecule has 0 spiro atoms. The van der Waals surface area contributed by atoms with Gasteiger partial charge in [-0.2, -0.15) is 10.5 Å². The summed E-state index contributed by atoms with van der Waals surface area (Å²) in [7, 11) is 0. The number of amides is 2. The summed E-state index contributed by atoms with van der Waals surface area (Å²) >= 11 is 0. The third kappa shape index (κ3) is 5.31. The number of hydrogen-bond acceptors (Lipinski definition) is 6. The van der Waals surface area contributed by atoms with E-state index in [-0.39, 0.29) is 29.9 Å². The molecule has 1 saturated carbocycles. The van der Waals surface area contributed by atoms with Gasteiger partial charge in [0.05, 0.1) is 11.6 Å². The number of halogens is 1. The number of piperidine rings is 1. The van der Waals surface area contributed by atoms with Crippen molar-refractivity contribution in [2.75, 3.05) is 0 Å². The molecule has 2 heterocycles. The van der Waals surface area contributed by atoms with E-state index in [4.69, 9.17) is 14.4 Å². The van der Waals surface area contributed by atoms with Gasteiger partial charge in [-0.1, -0.05) is 12.1 Å². The molecular formula is C30H29FN4O4. The maximum atomic E-state index is 14.1. The molecule has 0 radical (unpaired) electrons. The van der Waals surface area contributed by atoms with E-state index >= 15 is 0 Å². The Hall–Kier alpha value is -4.37. The maximum Gasteiger partial charge on any atom is 0.411 e. The van der Waals surface area contributed by atoms with Crippen LogP contribution in [0.25, 0.3) is 22.1 Å². The molecule has 9 heteroatoms. The quantitative estimate of drug-likeness (QED) is 0.470. The molecule has 200 valence electrons. The second-order valence-electron chi connectivity index (χ2n) is 11.2. The van der Waals surface area contributed by atoms with Crippen LogP contribution in [0.15, 0.2) is 46.9 Å². The highest BCUT2D eigenvalue weighted by Crippen LogP contribution is 2.43. The normalized spacial score (nSPS) is 20.9. The third-order valence-corrected chi connectivity index (χ3v) is 7.33. The second-order valence-corrected chi connectivity index (χ2v) is 11.2. The summed E-state index contributed by atoms with van der Waals surface area (Å²) in [4.78, 5) is 27.8. The van der Waals surface area contributed by atoms with Gasteiger partial charge in [-0.3, -0.25) is 9.69 Å². The van der Waals surface area contributed by atoms with Crippen LogP contribution in [-0.2, 0) is 16.0 Å². The number of rotatable bonds is 5. The predicted molar refractivity (Wildman–Crippen MR) is 141 cm³/mol. The highest BCUT2D eigenvalue weighted by atomic mass is 19.1. The lowest BCUT2D eigenvalue weighted by Crippen LogP contribution is -2.55. The minimum Gasteiger partial charge on any atom is -0.461 e. The average Bonchev–Trinajstić information content (AvgIpc) is 3.61. The lowest BCUT2D eigenvalue weighted by Gasteiger charge is -2.35. The van der Waals surface area contributed by atoms with Crippen molar-refractivity contribution in [3.05, 3.63) is 59.6 Å². The van der Waals surface area contributed by atoms with Crippen molar-refractivity contribution < 1.29 is 23.1 Å². The Kier molecular flexibility index (Phi) is 6.78. The van der Waals surface area contributed by atoms with Crippen molar-refractivity contribution in [2.45, 2.75) is 70.2 Å². The van der Waals surface area contributed by atoms with Crippen molar-refractivity contribution in [3.8, 4) is 23.3 Å². The van der Waals surface area contributed by atoms with Crippen LogP contribution in [0.1, 0.15) is 51.4 Å². The van der Waals surface area contributed by atoms with E-state index in [1.54, 1.807) is 49.9 Å². The minimum absolute atomic E-state index is 0.0188. The molecule has 1 aliphatic carbocycles. The maximum absolute atomic E-state index is 14.1. The standard InChI is InChI=1S/C30H29FN4O4/c1-30(2,3)39-29(37)35-23-8-6-19(11-23)27(35)28(36)34-22(16-33)14-24-12-21-10-17(7-9-26(21)38-24)18-4-5-20(15-32)25(31)13-18/h4-5,7,9-10,12-13,19,22-23,27H,6,8,11,14H2,1-3H3,(H,34,36). The lowest BCUT2D eigenvalue weighted by molar-refractivity contribution is -0.128. The van der Waals surface area contributed by atoms with Crippen molar-refractivity contribution in [2.24, 2.45) is 5.92 Å². The molecule has 1 saturated heterocycles. The summed E-state index contributed by atoms with van der Waals surface area (Å²) < 4.78 is 25.6. The van der Waals surface area contributed by atoms with Crippen LogP contribution < -0.4 is 5.32 Å². The Morgan fingerprint density at radius 2 is 1.90 bits per heavy atom. The fourth-order valence-electron chi connectivity index (χ4n) is 5.65. The van der Waals surface area contributed by atoms with E-state index in [1.165, 1.54) is 12.1 Å².